The molecule has 82 valence electrons. The summed E-state index contributed by atoms with van der Waals surface area (Å²) in [6.07, 6.45) is 8.53. The van der Waals surface area contributed by atoms with Crippen molar-refractivity contribution in [1.29, 1.82) is 0 Å². The van der Waals surface area contributed by atoms with Crippen LogP contribution < -0.4 is 0 Å². The van der Waals surface area contributed by atoms with Gasteiger partial charge in [-0.2, -0.15) is 11.8 Å². The largest absolute Gasteiger partial charge is 0.393 e. The standard InChI is InChI=1S/C7H16S.C4H10O/c1-3-4-5-6-7-8-2;1-3-4(2)5/h3-7H2,1-2H3;4-5H,3H2,1-2H3. The number of thioether (sulfide) groups is 1. The Morgan fingerprint density at radius 1 is 1.15 bits per heavy atom. The number of rotatable bonds is 6. The molecule has 13 heavy (non-hydrogen) atoms. The summed E-state index contributed by atoms with van der Waals surface area (Å²) in [4.78, 5) is 0. The summed E-state index contributed by atoms with van der Waals surface area (Å²) in [5.41, 5.74) is 0. The van der Waals surface area contributed by atoms with Gasteiger partial charge < -0.3 is 5.11 Å². The van der Waals surface area contributed by atoms with Crippen molar-refractivity contribution in [2.24, 2.45) is 0 Å². The molecule has 0 saturated heterocycles. The van der Waals surface area contributed by atoms with E-state index < -0.39 is 0 Å². The molecule has 0 bridgehead atoms. The van der Waals surface area contributed by atoms with Crippen LogP contribution in [0.5, 0.6) is 0 Å². The molecule has 1 atom stereocenters. The van der Waals surface area contributed by atoms with Crippen LogP contribution in [0.3, 0.4) is 0 Å². The summed E-state index contributed by atoms with van der Waals surface area (Å²) in [6, 6.07) is 0. The number of unbranched alkanes of at least 4 members (excludes halogenated alkanes) is 3. The molecule has 0 heterocycles. The number of aliphatic hydroxyl groups is 1. The smallest absolute Gasteiger partial charge is 0.0509 e. The lowest BCUT2D eigenvalue weighted by atomic mass is 10.2. The van der Waals surface area contributed by atoms with Crippen molar-refractivity contribution in [2.45, 2.75) is 59.0 Å². The SMILES string of the molecule is CCC(C)O.CCCCCCSC. The molecular weight excluding hydrogens is 180 g/mol. The minimum Gasteiger partial charge on any atom is -0.393 e. The zero-order chi connectivity index (χ0) is 10.5. The Balaban J connectivity index is 0. The van der Waals surface area contributed by atoms with Crippen LogP contribution in [0.25, 0.3) is 0 Å². The molecule has 2 heteroatoms. The Morgan fingerprint density at radius 2 is 1.69 bits per heavy atom. The highest BCUT2D eigenvalue weighted by Gasteiger charge is 1.83. The maximum atomic E-state index is 8.36. The van der Waals surface area contributed by atoms with E-state index in [2.05, 4.69) is 13.2 Å². The third kappa shape index (κ3) is 24.5. The van der Waals surface area contributed by atoms with Crippen LogP contribution in [0, 0.1) is 0 Å². The molecule has 0 fully saturated rings. The van der Waals surface area contributed by atoms with Gasteiger partial charge in [0, 0.05) is 0 Å². The van der Waals surface area contributed by atoms with E-state index >= 15 is 0 Å². The monoisotopic (exact) mass is 206 g/mol. The first-order chi connectivity index (χ1) is 6.18. The fourth-order valence-corrected chi connectivity index (χ4v) is 1.17. The van der Waals surface area contributed by atoms with Gasteiger partial charge in [-0.3, -0.25) is 0 Å². The molecule has 0 radical (unpaired) electrons. The Bertz CT molecular complexity index is 68.5. The second-order valence-electron chi connectivity index (χ2n) is 3.31. The summed E-state index contributed by atoms with van der Waals surface area (Å²) in [5.74, 6) is 1.35. The normalized spacial score (nSPS) is 11.8. The Morgan fingerprint density at radius 3 is 2.00 bits per heavy atom. The van der Waals surface area contributed by atoms with E-state index in [1.165, 1.54) is 31.4 Å². The lowest BCUT2D eigenvalue weighted by Gasteiger charge is -1.93. The molecule has 1 N–H and O–H groups in total. The lowest BCUT2D eigenvalue weighted by Crippen LogP contribution is -1.93. The molecule has 1 unspecified atom stereocenters. The topological polar surface area (TPSA) is 20.2 Å². The van der Waals surface area contributed by atoms with E-state index in [9.17, 15) is 0 Å². The van der Waals surface area contributed by atoms with Gasteiger partial charge in [-0.25, -0.2) is 0 Å². The van der Waals surface area contributed by atoms with Gasteiger partial charge in [-0.05, 0) is 31.8 Å². The van der Waals surface area contributed by atoms with Crippen LogP contribution in [0.2, 0.25) is 0 Å². The molecule has 1 nitrogen and oxygen atoms in total. The predicted octanol–water partition coefficient (Wildman–Crippen LogP) is 3.71. The summed E-state index contributed by atoms with van der Waals surface area (Å²) in [7, 11) is 0. The minimum atomic E-state index is -0.116. The second kappa shape index (κ2) is 14.8. The lowest BCUT2D eigenvalue weighted by molar-refractivity contribution is 0.191. The third-order valence-corrected chi connectivity index (χ3v) is 2.49. The molecular formula is C11H26OS. The van der Waals surface area contributed by atoms with E-state index in [1.807, 2.05) is 18.7 Å². The van der Waals surface area contributed by atoms with Gasteiger partial charge in [-0.1, -0.05) is 33.1 Å². The van der Waals surface area contributed by atoms with Crippen molar-refractivity contribution in [2.75, 3.05) is 12.0 Å². The van der Waals surface area contributed by atoms with Crippen molar-refractivity contribution in [1.82, 2.24) is 0 Å². The van der Waals surface area contributed by atoms with Gasteiger partial charge in [0.15, 0.2) is 0 Å². The van der Waals surface area contributed by atoms with E-state index in [4.69, 9.17) is 5.11 Å². The fraction of sp³-hybridized carbons (Fsp3) is 1.00. The first-order valence-electron chi connectivity index (χ1n) is 5.35. The summed E-state index contributed by atoms with van der Waals surface area (Å²) >= 11 is 1.95. The maximum absolute atomic E-state index is 8.36. The van der Waals surface area contributed by atoms with Gasteiger partial charge in [0.25, 0.3) is 0 Å². The molecule has 0 rings (SSSR count). The van der Waals surface area contributed by atoms with Crippen LogP contribution >= 0.6 is 11.8 Å². The van der Waals surface area contributed by atoms with Crippen molar-refractivity contribution < 1.29 is 5.11 Å². The van der Waals surface area contributed by atoms with Crippen molar-refractivity contribution in [3.8, 4) is 0 Å². The van der Waals surface area contributed by atoms with E-state index in [1.54, 1.807) is 6.92 Å². The quantitative estimate of drug-likeness (QED) is 0.669. The zero-order valence-electron chi connectivity index (χ0n) is 9.68. The second-order valence-corrected chi connectivity index (χ2v) is 4.30. The van der Waals surface area contributed by atoms with Crippen LogP contribution in [-0.4, -0.2) is 23.2 Å². The van der Waals surface area contributed by atoms with Crippen LogP contribution in [0.1, 0.15) is 52.9 Å². The molecule has 0 aromatic rings. The molecule has 0 aromatic carbocycles. The fourth-order valence-electron chi connectivity index (χ4n) is 0.673. The number of hydrogen-bond donors (Lipinski definition) is 1. The van der Waals surface area contributed by atoms with Crippen LogP contribution in [0.4, 0.5) is 0 Å². The first kappa shape index (κ1) is 15.8. The van der Waals surface area contributed by atoms with Gasteiger partial charge in [-0.15, -0.1) is 0 Å². The molecule has 0 aliphatic rings. The molecule has 0 aliphatic heterocycles. The van der Waals surface area contributed by atoms with Crippen molar-refractivity contribution in [3.63, 3.8) is 0 Å². The molecule has 0 amide bonds. The molecule has 0 aliphatic carbocycles. The third-order valence-electron chi connectivity index (χ3n) is 1.79. The molecule has 0 spiro atoms. The highest BCUT2D eigenvalue weighted by molar-refractivity contribution is 7.98. The maximum Gasteiger partial charge on any atom is 0.0509 e. The number of hydrogen-bond acceptors (Lipinski definition) is 2. The van der Waals surface area contributed by atoms with E-state index in [0.717, 1.165) is 6.42 Å². The highest BCUT2D eigenvalue weighted by Crippen LogP contribution is 2.03. The van der Waals surface area contributed by atoms with Gasteiger partial charge in [0.1, 0.15) is 0 Å². The summed E-state index contributed by atoms with van der Waals surface area (Å²) < 4.78 is 0. The molecule has 0 aromatic heterocycles. The van der Waals surface area contributed by atoms with Crippen LogP contribution in [0.15, 0.2) is 0 Å². The minimum absolute atomic E-state index is 0.116. The Kier molecular flexibility index (Phi) is 18.0. The molecule has 0 saturated carbocycles. The van der Waals surface area contributed by atoms with E-state index in [0.29, 0.717) is 0 Å². The van der Waals surface area contributed by atoms with Gasteiger partial charge >= 0.3 is 0 Å². The van der Waals surface area contributed by atoms with Crippen LogP contribution in [-0.2, 0) is 0 Å². The highest BCUT2D eigenvalue weighted by atomic mass is 32.2. The Labute approximate surface area is 88.3 Å². The Hall–Kier alpha value is 0.310. The van der Waals surface area contributed by atoms with Crippen molar-refractivity contribution >= 4 is 11.8 Å². The summed E-state index contributed by atoms with van der Waals surface area (Å²) in [6.45, 7) is 5.98. The zero-order valence-corrected chi connectivity index (χ0v) is 10.5. The van der Waals surface area contributed by atoms with Crippen molar-refractivity contribution in [3.05, 3.63) is 0 Å². The number of aliphatic hydroxyl groups excluding tert-OH is 1. The van der Waals surface area contributed by atoms with Gasteiger partial charge in [0.05, 0.1) is 6.10 Å². The summed E-state index contributed by atoms with van der Waals surface area (Å²) in [5, 5.41) is 8.36. The predicted molar refractivity (Wildman–Crippen MR) is 64.5 cm³/mol. The average molecular weight is 206 g/mol. The average Bonchev–Trinajstić information content (AvgIpc) is 2.14. The van der Waals surface area contributed by atoms with E-state index in [-0.39, 0.29) is 6.10 Å². The van der Waals surface area contributed by atoms with Gasteiger partial charge in [0.2, 0.25) is 0 Å². The first-order valence-corrected chi connectivity index (χ1v) is 6.75.